The standard InChI is InChI=1S/C8H15N3OS/c1-8(6(9)13)2-4-11(5-3-8)7(10)12/h2-5H2,1H3,(H2,9,13)(H2,10,12). The third-order valence-electron chi connectivity index (χ3n) is 2.77. The number of thiocarbonyl (C=S) groups is 1. The minimum Gasteiger partial charge on any atom is -0.393 e. The third-order valence-corrected chi connectivity index (χ3v) is 3.27. The van der Waals surface area contributed by atoms with Gasteiger partial charge in [-0.2, -0.15) is 0 Å². The highest BCUT2D eigenvalue weighted by Crippen LogP contribution is 2.30. The summed E-state index contributed by atoms with van der Waals surface area (Å²) in [4.78, 5) is 13.0. The molecule has 1 fully saturated rings. The van der Waals surface area contributed by atoms with Gasteiger partial charge in [0.15, 0.2) is 0 Å². The molecule has 1 rings (SSSR count). The van der Waals surface area contributed by atoms with Crippen molar-refractivity contribution in [3.63, 3.8) is 0 Å². The molecule has 0 saturated carbocycles. The van der Waals surface area contributed by atoms with Crippen molar-refractivity contribution in [3.05, 3.63) is 0 Å². The zero-order valence-electron chi connectivity index (χ0n) is 7.75. The second kappa shape index (κ2) is 3.49. The van der Waals surface area contributed by atoms with E-state index in [1.54, 1.807) is 4.90 Å². The number of nitrogens with two attached hydrogens (primary N) is 2. The van der Waals surface area contributed by atoms with Gasteiger partial charge in [0, 0.05) is 18.5 Å². The second-order valence-corrected chi connectivity index (χ2v) is 4.19. The lowest BCUT2D eigenvalue weighted by molar-refractivity contribution is 0.168. The number of hydrogen-bond donors (Lipinski definition) is 2. The second-order valence-electron chi connectivity index (χ2n) is 3.75. The lowest BCUT2D eigenvalue weighted by Crippen LogP contribution is -2.48. The maximum atomic E-state index is 10.8. The molecule has 1 heterocycles. The fourth-order valence-electron chi connectivity index (χ4n) is 1.47. The van der Waals surface area contributed by atoms with E-state index in [9.17, 15) is 4.79 Å². The molecule has 0 aliphatic carbocycles. The predicted octanol–water partition coefficient (Wildman–Crippen LogP) is 0.453. The number of primary amides is 1. The van der Waals surface area contributed by atoms with Gasteiger partial charge in [-0.25, -0.2) is 4.79 Å². The first-order chi connectivity index (χ1) is 5.96. The molecule has 0 aromatic rings. The number of hydrogen-bond acceptors (Lipinski definition) is 2. The van der Waals surface area contributed by atoms with Crippen molar-refractivity contribution in [2.45, 2.75) is 19.8 Å². The smallest absolute Gasteiger partial charge is 0.314 e. The monoisotopic (exact) mass is 201 g/mol. The molecule has 0 radical (unpaired) electrons. The Morgan fingerprint density at radius 3 is 2.15 bits per heavy atom. The molecule has 2 amide bonds. The normalized spacial score (nSPS) is 21.2. The van der Waals surface area contributed by atoms with Crippen LogP contribution in [-0.4, -0.2) is 29.0 Å². The van der Waals surface area contributed by atoms with E-state index < -0.39 is 0 Å². The number of rotatable bonds is 1. The van der Waals surface area contributed by atoms with Gasteiger partial charge in [0.1, 0.15) is 0 Å². The zero-order chi connectivity index (χ0) is 10.1. The quantitative estimate of drug-likeness (QED) is 0.605. The Balaban J connectivity index is 2.56. The van der Waals surface area contributed by atoms with E-state index in [2.05, 4.69) is 0 Å². The number of amides is 2. The average Bonchev–Trinajstić information content (AvgIpc) is 2.04. The molecule has 4 N–H and O–H groups in total. The maximum absolute atomic E-state index is 10.8. The Morgan fingerprint density at radius 2 is 1.85 bits per heavy atom. The van der Waals surface area contributed by atoms with E-state index >= 15 is 0 Å². The topological polar surface area (TPSA) is 72.3 Å². The van der Waals surface area contributed by atoms with Crippen LogP contribution in [0.15, 0.2) is 0 Å². The molecule has 4 nitrogen and oxygen atoms in total. The molecule has 1 saturated heterocycles. The Bertz CT molecular complexity index is 234. The van der Waals surface area contributed by atoms with Gasteiger partial charge in [-0.15, -0.1) is 0 Å². The van der Waals surface area contributed by atoms with E-state index in [-0.39, 0.29) is 11.4 Å². The molecule has 1 aliphatic rings. The van der Waals surface area contributed by atoms with Gasteiger partial charge in [0.25, 0.3) is 0 Å². The van der Waals surface area contributed by atoms with Crippen LogP contribution >= 0.6 is 12.2 Å². The van der Waals surface area contributed by atoms with Gasteiger partial charge < -0.3 is 16.4 Å². The molecule has 0 atom stereocenters. The van der Waals surface area contributed by atoms with Crippen LogP contribution in [0.4, 0.5) is 4.79 Å². The van der Waals surface area contributed by atoms with E-state index in [4.69, 9.17) is 23.7 Å². The molecular formula is C8H15N3OS. The van der Waals surface area contributed by atoms with Crippen molar-refractivity contribution in [1.82, 2.24) is 4.90 Å². The van der Waals surface area contributed by atoms with Crippen LogP contribution in [-0.2, 0) is 0 Å². The molecule has 0 aromatic heterocycles. The van der Waals surface area contributed by atoms with Crippen LogP contribution in [0, 0.1) is 5.41 Å². The van der Waals surface area contributed by atoms with Gasteiger partial charge in [-0.05, 0) is 12.8 Å². The van der Waals surface area contributed by atoms with E-state index in [1.165, 1.54) is 0 Å². The molecule has 13 heavy (non-hydrogen) atoms. The number of likely N-dealkylation sites (tertiary alicyclic amines) is 1. The minimum atomic E-state index is -0.356. The van der Waals surface area contributed by atoms with Crippen molar-refractivity contribution in [1.29, 1.82) is 0 Å². The summed E-state index contributed by atoms with van der Waals surface area (Å²) in [7, 11) is 0. The number of piperidine rings is 1. The summed E-state index contributed by atoms with van der Waals surface area (Å²) in [5.74, 6) is 0. The summed E-state index contributed by atoms with van der Waals surface area (Å²) in [5.41, 5.74) is 10.7. The van der Waals surface area contributed by atoms with Crippen LogP contribution in [0.2, 0.25) is 0 Å². The number of carbonyl (C=O) groups excluding carboxylic acids is 1. The minimum absolute atomic E-state index is 0.0959. The van der Waals surface area contributed by atoms with Gasteiger partial charge in [-0.1, -0.05) is 19.1 Å². The molecule has 0 aromatic carbocycles. The van der Waals surface area contributed by atoms with E-state index in [0.717, 1.165) is 12.8 Å². The zero-order valence-corrected chi connectivity index (χ0v) is 8.56. The molecular weight excluding hydrogens is 186 g/mol. The molecule has 74 valence electrons. The Hall–Kier alpha value is -0.840. The summed E-state index contributed by atoms with van der Waals surface area (Å²) < 4.78 is 0. The highest BCUT2D eigenvalue weighted by atomic mass is 32.1. The first-order valence-corrected chi connectivity index (χ1v) is 4.71. The van der Waals surface area contributed by atoms with Crippen molar-refractivity contribution in [2.75, 3.05) is 13.1 Å². The summed E-state index contributed by atoms with van der Waals surface area (Å²) >= 11 is 4.98. The summed E-state index contributed by atoms with van der Waals surface area (Å²) in [5, 5.41) is 0. The molecule has 0 bridgehead atoms. The first-order valence-electron chi connectivity index (χ1n) is 4.30. The van der Waals surface area contributed by atoms with E-state index in [1.807, 2.05) is 6.92 Å². The fourth-order valence-corrected chi connectivity index (χ4v) is 1.67. The average molecular weight is 201 g/mol. The molecule has 0 spiro atoms. The van der Waals surface area contributed by atoms with Gasteiger partial charge in [-0.3, -0.25) is 0 Å². The maximum Gasteiger partial charge on any atom is 0.314 e. The van der Waals surface area contributed by atoms with Crippen LogP contribution in [0.3, 0.4) is 0 Å². The summed E-state index contributed by atoms with van der Waals surface area (Å²) in [6.07, 6.45) is 1.62. The van der Waals surface area contributed by atoms with Crippen molar-refractivity contribution < 1.29 is 4.79 Å². The van der Waals surface area contributed by atoms with Gasteiger partial charge in [0.2, 0.25) is 0 Å². The van der Waals surface area contributed by atoms with Gasteiger partial charge >= 0.3 is 6.03 Å². The summed E-state index contributed by atoms with van der Waals surface area (Å²) in [6.45, 7) is 3.35. The SMILES string of the molecule is CC1(C(N)=S)CCN(C(N)=O)CC1. The lowest BCUT2D eigenvalue weighted by atomic mass is 9.80. The highest BCUT2D eigenvalue weighted by Gasteiger charge is 2.33. The molecule has 5 heteroatoms. The fraction of sp³-hybridized carbons (Fsp3) is 0.750. The highest BCUT2D eigenvalue weighted by molar-refractivity contribution is 7.80. The van der Waals surface area contributed by atoms with Crippen molar-refractivity contribution in [2.24, 2.45) is 16.9 Å². The first kappa shape index (κ1) is 10.2. The number of nitrogens with zero attached hydrogens (tertiary/aromatic N) is 1. The third kappa shape index (κ3) is 2.09. The van der Waals surface area contributed by atoms with Crippen molar-refractivity contribution >= 4 is 23.2 Å². The Labute approximate surface area is 83.2 Å². The molecule has 1 aliphatic heterocycles. The van der Waals surface area contributed by atoms with Crippen LogP contribution < -0.4 is 11.5 Å². The molecule has 0 unspecified atom stereocenters. The van der Waals surface area contributed by atoms with Crippen LogP contribution in [0.25, 0.3) is 0 Å². The van der Waals surface area contributed by atoms with Crippen LogP contribution in [0.5, 0.6) is 0 Å². The van der Waals surface area contributed by atoms with Crippen molar-refractivity contribution in [3.8, 4) is 0 Å². The summed E-state index contributed by atoms with van der Waals surface area (Å²) in [6, 6.07) is -0.356. The largest absolute Gasteiger partial charge is 0.393 e. The predicted molar refractivity (Wildman–Crippen MR) is 55.3 cm³/mol. The Morgan fingerprint density at radius 1 is 1.38 bits per heavy atom. The van der Waals surface area contributed by atoms with E-state index in [0.29, 0.717) is 18.1 Å². The van der Waals surface area contributed by atoms with Crippen LogP contribution in [0.1, 0.15) is 19.8 Å². The lowest BCUT2D eigenvalue weighted by Gasteiger charge is -2.37. The Kier molecular flexibility index (Phi) is 2.75. The number of carbonyl (C=O) groups is 1. The number of urea groups is 1. The van der Waals surface area contributed by atoms with Gasteiger partial charge in [0.05, 0.1) is 4.99 Å².